The average Bonchev–Trinajstić information content (AvgIpc) is 3.12. The van der Waals surface area contributed by atoms with Crippen LogP contribution in [0.2, 0.25) is 5.02 Å². The Bertz CT molecular complexity index is 599. The first kappa shape index (κ1) is 12.7. The van der Waals surface area contributed by atoms with E-state index in [1.165, 1.54) is 18.4 Å². The van der Waals surface area contributed by atoms with E-state index in [0.29, 0.717) is 6.04 Å². The summed E-state index contributed by atoms with van der Waals surface area (Å²) < 4.78 is 2.00. The highest BCUT2D eigenvalue weighted by Crippen LogP contribution is 2.24. The first-order chi connectivity index (χ1) is 9.13. The number of hydrogen-bond donors (Lipinski definition) is 1. The van der Waals surface area contributed by atoms with Gasteiger partial charge in [-0.05, 0) is 56.5 Å². The highest BCUT2D eigenvalue weighted by atomic mass is 35.5. The summed E-state index contributed by atoms with van der Waals surface area (Å²) in [5.41, 5.74) is 4.50. The van der Waals surface area contributed by atoms with Gasteiger partial charge in [0.15, 0.2) is 0 Å². The van der Waals surface area contributed by atoms with Gasteiger partial charge in [-0.15, -0.1) is 0 Å². The second-order valence-electron chi connectivity index (χ2n) is 5.27. The van der Waals surface area contributed by atoms with Crippen molar-refractivity contribution in [3.8, 4) is 5.69 Å². The van der Waals surface area contributed by atoms with E-state index >= 15 is 0 Å². The Morgan fingerprint density at radius 1 is 1.32 bits per heavy atom. The SMILES string of the molecule is Cc1cc(C)n(-c2ccc(Cl)cc2CNC2CC2)n1. The van der Waals surface area contributed by atoms with Gasteiger partial charge in [0.05, 0.1) is 11.4 Å². The zero-order chi connectivity index (χ0) is 13.4. The minimum absolute atomic E-state index is 0.687. The van der Waals surface area contributed by atoms with Crippen molar-refractivity contribution in [2.75, 3.05) is 0 Å². The van der Waals surface area contributed by atoms with Gasteiger partial charge < -0.3 is 5.32 Å². The van der Waals surface area contributed by atoms with E-state index in [0.717, 1.165) is 28.6 Å². The molecule has 1 aromatic heterocycles. The number of halogens is 1. The predicted molar refractivity (Wildman–Crippen MR) is 77.9 cm³/mol. The second kappa shape index (κ2) is 4.99. The Balaban J connectivity index is 1.96. The van der Waals surface area contributed by atoms with E-state index in [9.17, 15) is 0 Å². The molecule has 0 bridgehead atoms. The van der Waals surface area contributed by atoms with Crippen molar-refractivity contribution in [1.29, 1.82) is 0 Å². The van der Waals surface area contributed by atoms with E-state index in [-0.39, 0.29) is 0 Å². The van der Waals surface area contributed by atoms with Crippen molar-refractivity contribution in [3.63, 3.8) is 0 Å². The van der Waals surface area contributed by atoms with Gasteiger partial charge in [0.2, 0.25) is 0 Å². The van der Waals surface area contributed by atoms with Crippen LogP contribution in [-0.4, -0.2) is 15.8 Å². The summed E-state index contributed by atoms with van der Waals surface area (Å²) in [5.74, 6) is 0. The molecule has 100 valence electrons. The quantitative estimate of drug-likeness (QED) is 0.927. The van der Waals surface area contributed by atoms with Crippen molar-refractivity contribution in [1.82, 2.24) is 15.1 Å². The lowest BCUT2D eigenvalue weighted by Gasteiger charge is -2.12. The van der Waals surface area contributed by atoms with Crippen molar-refractivity contribution in [2.45, 2.75) is 39.3 Å². The molecule has 19 heavy (non-hydrogen) atoms. The zero-order valence-electron chi connectivity index (χ0n) is 11.3. The molecule has 0 radical (unpaired) electrons. The van der Waals surface area contributed by atoms with Gasteiger partial charge in [0.1, 0.15) is 0 Å². The maximum absolute atomic E-state index is 6.12. The fourth-order valence-corrected chi connectivity index (χ4v) is 2.51. The summed E-state index contributed by atoms with van der Waals surface area (Å²) in [7, 11) is 0. The van der Waals surface area contributed by atoms with E-state index < -0.39 is 0 Å². The van der Waals surface area contributed by atoms with Crippen LogP contribution in [0.25, 0.3) is 5.69 Å². The molecule has 1 saturated carbocycles. The summed E-state index contributed by atoms with van der Waals surface area (Å²) in [5, 5.41) is 8.87. The topological polar surface area (TPSA) is 29.9 Å². The van der Waals surface area contributed by atoms with Crippen LogP contribution < -0.4 is 5.32 Å². The molecule has 1 aromatic carbocycles. The van der Waals surface area contributed by atoms with Gasteiger partial charge in [-0.1, -0.05) is 11.6 Å². The number of aryl methyl sites for hydroxylation is 2. The largest absolute Gasteiger partial charge is 0.310 e. The van der Waals surface area contributed by atoms with Crippen LogP contribution in [0.4, 0.5) is 0 Å². The van der Waals surface area contributed by atoms with Crippen LogP contribution in [0.3, 0.4) is 0 Å². The molecule has 3 rings (SSSR count). The maximum atomic E-state index is 6.12. The van der Waals surface area contributed by atoms with E-state index in [4.69, 9.17) is 11.6 Å². The second-order valence-corrected chi connectivity index (χ2v) is 5.70. The molecule has 1 N–H and O–H groups in total. The van der Waals surface area contributed by atoms with Crippen LogP contribution in [0, 0.1) is 13.8 Å². The number of nitrogens with zero attached hydrogens (tertiary/aromatic N) is 2. The fourth-order valence-electron chi connectivity index (χ4n) is 2.32. The third kappa shape index (κ3) is 2.82. The van der Waals surface area contributed by atoms with Crippen LogP contribution >= 0.6 is 11.6 Å². The summed E-state index contributed by atoms with van der Waals surface area (Å²) in [6, 6.07) is 8.78. The molecule has 0 spiro atoms. The van der Waals surface area contributed by atoms with Crippen LogP contribution in [0.15, 0.2) is 24.3 Å². The van der Waals surface area contributed by atoms with E-state index in [2.05, 4.69) is 23.4 Å². The van der Waals surface area contributed by atoms with Crippen LogP contribution in [0.1, 0.15) is 29.8 Å². The number of rotatable bonds is 4. The highest BCUT2D eigenvalue weighted by Gasteiger charge is 2.21. The maximum Gasteiger partial charge on any atom is 0.0694 e. The Labute approximate surface area is 118 Å². The lowest BCUT2D eigenvalue weighted by atomic mass is 10.1. The molecule has 1 heterocycles. The molecule has 0 saturated heterocycles. The van der Waals surface area contributed by atoms with E-state index in [1.54, 1.807) is 0 Å². The van der Waals surface area contributed by atoms with Gasteiger partial charge in [0, 0.05) is 23.3 Å². The molecular weight excluding hydrogens is 258 g/mol. The molecule has 1 fully saturated rings. The van der Waals surface area contributed by atoms with Gasteiger partial charge >= 0.3 is 0 Å². The third-order valence-electron chi connectivity index (χ3n) is 3.44. The fraction of sp³-hybridized carbons (Fsp3) is 0.400. The summed E-state index contributed by atoms with van der Waals surface area (Å²) in [6.45, 7) is 4.94. The first-order valence-electron chi connectivity index (χ1n) is 6.69. The van der Waals surface area contributed by atoms with Gasteiger partial charge in [-0.2, -0.15) is 5.10 Å². The lowest BCUT2D eigenvalue weighted by Crippen LogP contribution is -2.17. The van der Waals surface area contributed by atoms with Gasteiger partial charge in [-0.25, -0.2) is 4.68 Å². The van der Waals surface area contributed by atoms with E-state index in [1.807, 2.05) is 29.8 Å². The lowest BCUT2D eigenvalue weighted by molar-refractivity contribution is 0.679. The molecule has 1 aliphatic carbocycles. The summed E-state index contributed by atoms with van der Waals surface area (Å²) >= 11 is 6.12. The smallest absolute Gasteiger partial charge is 0.0694 e. The highest BCUT2D eigenvalue weighted by molar-refractivity contribution is 6.30. The molecule has 0 unspecified atom stereocenters. The molecule has 1 aliphatic rings. The molecule has 0 atom stereocenters. The molecule has 3 nitrogen and oxygen atoms in total. The summed E-state index contributed by atoms with van der Waals surface area (Å²) in [6.07, 6.45) is 2.58. The number of nitrogens with one attached hydrogen (secondary N) is 1. The normalized spacial score (nSPS) is 14.9. The Kier molecular flexibility index (Phi) is 3.33. The minimum Gasteiger partial charge on any atom is -0.310 e. The van der Waals surface area contributed by atoms with Crippen molar-refractivity contribution in [3.05, 3.63) is 46.2 Å². The minimum atomic E-state index is 0.687. The number of benzene rings is 1. The Hall–Kier alpha value is -1.32. The third-order valence-corrected chi connectivity index (χ3v) is 3.67. The monoisotopic (exact) mass is 275 g/mol. The Morgan fingerprint density at radius 2 is 2.11 bits per heavy atom. The molecular formula is C15H18ClN3. The molecule has 2 aromatic rings. The number of aromatic nitrogens is 2. The molecule has 0 amide bonds. The van der Waals surface area contributed by atoms with Crippen molar-refractivity contribution < 1.29 is 0 Å². The molecule has 0 aliphatic heterocycles. The van der Waals surface area contributed by atoms with Crippen molar-refractivity contribution in [2.24, 2.45) is 0 Å². The molecule has 4 heteroatoms. The van der Waals surface area contributed by atoms with Crippen LogP contribution in [0.5, 0.6) is 0 Å². The van der Waals surface area contributed by atoms with Crippen molar-refractivity contribution >= 4 is 11.6 Å². The standard InChI is InChI=1S/C15H18ClN3/c1-10-7-11(2)19(18-10)15-6-3-13(16)8-12(15)9-17-14-4-5-14/h3,6-8,14,17H,4-5,9H2,1-2H3. The zero-order valence-corrected chi connectivity index (χ0v) is 12.0. The Morgan fingerprint density at radius 3 is 2.74 bits per heavy atom. The average molecular weight is 276 g/mol. The van der Waals surface area contributed by atoms with Gasteiger partial charge in [0.25, 0.3) is 0 Å². The summed E-state index contributed by atoms with van der Waals surface area (Å²) in [4.78, 5) is 0. The predicted octanol–water partition coefficient (Wildman–Crippen LogP) is 3.39. The van der Waals surface area contributed by atoms with Crippen LogP contribution in [-0.2, 0) is 6.54 Å². The number of hydrogen-bond acceptors (Lipinski definition) is 2. The van der Waals surface area contributed by atoms with Gasteiger partial charge in [-0.3, -0.25) is 0 Å². The first-order valence-corrected chi connectivity index (χ1v) is 7.07.